The lowest BCUT2D eigenvalue weighted by atomic mass is 9.98. The number of anilines is 1. The normalized spacial score (nSPS) is 23.6. The molecule has 1 heterocycles. The first-order chi connectivity index (χ1) is 8.16. The van der Waals surface area contributed by atoms with Crippen LogP contribution in [-0.2, 0) is 0 Å². The van der Waals surface area contributed by atoms with Crippen LogP contribution in [0.15, 0.2) is 18.3 Å². The molecule has 1 aromatic rings. The number of aromatic nitrogens is 1. The molecule has 0 radical (unpaired) electrons. The van der Waals surface area contributed by atoms with Crippen molar-refractivity contribution < 1.29 is 4.92 Å². The summed E-state index contributed by atoms with van der Waals surface area (Å²) in [5.41, 5.74) is 0.856. The summed E-state index contributed by atoms with van der Waals surface area (Å²) in [5, 5.41) is 13.7. The van der Waals surface area contributed by atoms with Gasteiger partial charge in [0.05, 0.1) is 5.69 Å². The minimum atomic E-state index is -0.483. The van der Waals surface area contributed by atoms with Gasteiger partial charge in [0.25, 0.3) is 0 Å². The van der Waals surface area contributed by atoms with Crippen LogP contribution in [0.5, 0.6) is 0 Å². The fourth-order valence-corrected chi connectivity index (χ4v) is 2.37. The molecule has 2 atom stereocenters. The third-order valence-electron chi connectivity index (χ3n) is 3.54. The summed E-state index contributed by atoms with van der Waals surface area (Å²) in [6.07, 6.45) is 5.42. The van der Waals surface area contributed by atoms with Crippen molar-refractivity contribution in [2.45, 2.75) is 26.2 Å². The summed E-state index contributed by atoms with van der Waals surface area (Å²) in [6.45, 7) is 3.22. The number of rotatable bonds is 4. The van der Waals surface area contributed by atoms with Gasteiger partial charge in [-0.05, 0) is 34.2 Å². The average Bonchev–Trinajstić information content (AvgIpc) is 2.73. The van der Waals surface area contributed by atoms with Gasteiger partial charge in [-0.25, -0.2) is 0 Å². The maximum atomic E-state index is 10.4. The highest BCUT2D eigenvalue weighted by atomic mass is 16.6. The van der Waals surface area contributed by atoms with E-state index in [9.17, 15) is 10.1 Å². The van der Waals surface area contributed by atoms with Crippen molar-refractivity contribution in [1.29, 1.82) is 0 Å². The molecule has 0 amide bonds. The van der Waals surface area contributed by atoms with Crippen LogP contribution in [0.4, 0.5) is 11.5 Å². The highest BCUT2D eigenvalue weighted by Crippen LogP contribution is 2.31. The lowest BCUT2D eigenvalue weighted by molar-refractivity contribution is -0.389. The Morgan fingerprint density at radius 2 is 2.35 bits per heavy atom. The third-order valence-corrected chi connectivity index (χ3v) is 3.54. The Kier molecular flexibility index (Phi) is 3.56. The number of nitro groups is 1. The van der Waals surface area contributed by atoms with E-state index in [1.807, 2.05) is 0 Å². The zero-order valence-corrected chi connectivity index (χ0v) is 9.93. The number of nitrogens with zero attached hydrogens (tertiary/aromatic N) is 2. The highest BCUT2D eigenvalue weighted by Gasteiger charge is 2.22. The predicted molar refractivity (Wildman–Crippen MR) is 65.9 cm³/mol. The molecule has 2 unspecified atom stereocenters. The second-order valence-electron chi connectivity index (χ2n) is 4.71. The first-order valence-corrected chi connectivity index (χ1v) is 6.01. The zero-order chi connectivity index (χ0) is 12.3. The Morgan fingerprint density at radius 3 is 2.88 bits per heavy atom. The third kappa shape index (κ3) is 2.93. The molecule has 17 heavy (non-hydrogen) atoms. The molecule has 5 heteroatoms. The van der Waals surface area contributed by atoms with Crippen LogP contribution in [0.2, 0.25) is 0 Å². The Bertz CT molecular complexity index is 391. The minimum Gasteiger partial charge on any atom is -0.382 e. The van der Waals surface area contributed by atoms with Gasteiger partial charge >= 0.3 is 5.82 Å². The van der Waals surface area contributed by atoms with Gasteiger partial charge in [0.1, 0.15) is 0 Å². The van der Waals surface area contributed by atoms with E-state index < -0.39 is 4.92 Å². The van der Waals surface area contributed by atoms with Crippen molar-refractivity contribution in [3.63, 3.8) is 0 Å². The van der Waals surface area contributed by atoms with E-state index in [1.165, 1.54) is 31.5 Å². The van der Waals surface area contributed by atoms with E-state index in [1.54, 1.807) is 6.07 Å². The molecule has 2 rings (SSSR count). The van der Waals surface area contributed by atoms with E-state index in [0.717, 1.165) is 18.2 Å². The van der Waals surface area contributed by atoms with Gasteiger partial charge in [-0.15, -0.1) is 0 Å². The average molecular weight is 235 g/mol. The molecule has 0 aromatic carbocycles. The number of hydrogen-bond acceptors (Lipinski definition) is 4. The quantitative estimate of drug-likeness (QED) is 0.643. The van der Waals surface area contributed by atoms with Crippen molar-refractivity contribution >= 4 is 11.5 Å². The number of hydrogen-bond donors (Lipinski definition) is 1. The number of nitrogens with one attached hydrogen (secondary N) is 1. The van der Waals surface area contributed by atoms with E-state index in [-0.39, 0.29) is 5.82 Å². The zero-order valence-electron chi connectivity index (χ0n) is 9.93. The summed E-state index contributed by atoms with van der Waals surface area (Å²) < 4.78 is 0. The van der Waals surface area contributed by atoms with Crippen molar-refractivity contribution in [2.24, 2.45) is 11.8 Å². The second kappa shape index (κ2) is 5.12. The van der Waals surface area contributed by atoms with Crippen LogP contribution in [-0.4, -0.2) is 16.5 Å². The molecule has 1 aliphatic carbocycles. The number of pyridine rings is 1. The van der Waals surface area contributed by atoms with Crippen LogP contribution >= 0.6 is 0 Å². The molecule has 0 saturated heterocycles. The molecular formula is C12H17N3O2. The van der Waals surface area contributed by atoms with Crippen LogP contribution in [0.25, 0.3) is 0 Å². The maximum absolute atomic E-state index is 10.4. The fraction of sp³-hybridized carbons (Fsp3) is 0.583. The lowest BCUT2D eigenvalue weighted by Gasteiger charge is -2.15. The molecule has 1 fully saturated rings. The first-order valence-electron chi connectivity index (χ1n) is 6.01. The molecule has 0 spiro atoms. The summed E-state index contributed by atoms with van der Waals surface area (Å²) in [4.78, 5) is 13.7. The smallest absolute Gasteiger partial charge is 0.363 e. The molecule has 92 valence electrons. The lowest BCUT2D eigenvalue weighted by Crippen LogP contribution is -2.16. The highest BCUT2D eigenvalue weighted by molar-refractivity contribution is 5.43. The van der Waals surface area contributed by atoms with Crippen LogP contribution in [0, 0.1) is 22.0 Å². The Morgan fingerprint density at radius 1 is 1.53 bits per heavy atom. The van der Waals surface area contributed by atoms with Gasteiger partial charge in [0, 0.05) is 12.6 Å². The fourth-order valence-electron chi connectivity index (χ4n) is 2.37. The van der Waals surface area contributed by atoms with Crippen LogP contribution < -0.4 is 5.32 Å². The molecule has 0 bridgehead atoms. The van der Waals surface area contributed by atoms with Gasteiger partial charge in [0.2, 0.25) is 0 Å². The van der Waals surface area contributed by atoms with Gasteiger partial charge < -0.3 is 15.4 Å². The van der Waals surface area contributed by atoms with Crippen molar-refractivity contribution in [3.8, 4) is 0 Å². The molecule has 0 aliphatic heterocycles. The molecule has 1 aliphatic rings. The van der Waals surface area contributed by atoms with Crippen molar-refractivity contribution in [2.75, 3.05) is 11.9 Å². The Labute approximate surface area is 100 Å². The molecule has 1 N–H and O–H groups in total. The Hall–Kier alpha value is -1.65. The molecule has 1 aromatic heterocycles. The van der Waals surface area contributed by atoms with Crippen molar-refractivity contribution in [3.05, 3.63) is 28.4 Å². The Balaban J connectivity index is 1.88. The molecular weight excluding hydrogens is 218 g/mol. The molecule has 1 saturated carbocycles. The van der Waals surface area contributed by atoms with E-state index in [2.05, 4.69) is 17.2 Å². The van der Waals surface area contributed by atoms with Gasteiger partial charge in [-0.1, -0.05) is 19.8 Å². The van der Waals surface area contributed by atoms with Gasteiger partial charge in [-0.3, -0.25) is 0 Å². The van der Waals surface area contributed by atoms with Crippen LogP contribution in [0.3, 0.4) is 0 Å². The van der Waals surface area contributed by atoms with Gasteiger partial charge in [0.15, 0.2) is 6.20 Å². The van der Waals surface area contributed by atoms with Gasteiger partial charge in [-0.2, -0.15) is 0 Å². The van der Waals surface area contributed by atoms with E-state index >= 15 is 0 Å². The summed E-state index contributed by atoms with van der Waals surface area (Å²) in [7, 11) is 0. The maximum Gasteiger partial charge on any atom is 0.363 e. The van der Waals surface area contributed by atoms with E-state index in [4.69, 9.17) is 0 Å². The first kappa shape index (κ1) is 11.8. The summed E-state index contributed by atoms with van der Waals surface area (Å²) in [5.74, 6) is 1.38. The van der Waals surface area contributed by atoms with E-state index in [0.29, 0.717) is 5.92 Å². The summed E-state index contributed by atoms with van der Waals surface area (Å²) >= 11 is 0. The summed E-state index contributed by atoms with van der Waals surface area (Å²) in [6, 6.07) is 3.14. The van der Waals surface area contributed by atoms with Crippen molar-refractivity contribution in [1.82, 2.24) is 4.98 Å². The monoisotopic (exact) mass is 235 g/mol. The topological polar surface area (TPSA) is 68.1 Å². The largest absolute Gasteiger partial charge is 0.382 e. The standard InChI is InChI=1S/C12H17N3O2/c1-9-3-2-4-10(9)7-13-11-5-6-12(14-8-11)15(16)17/h5-6,8-10,13H,2-4,7H2,1H3. The van der Waals surface area contributed by atoms with Crippen LogP contribution in [0.1, 0.15) is 26.2 Å². The SMILES string of the molecule is CC1CCCC1CNc1ccc([N+](=O)[O-])nc1. The second-order valence-corrected chi connectivity index (χ2v) is 4.71. The molecule has 5 nitrogen and oxygen atoms in total. The minimum absolute atomic E-state index is 0.107. The predicted octanol–water partition coefficient (Wildman–Crippen LogP) is 2.84.